The lowest BCUT2D eigenvalue weighted by Gasteiger charge is -2.04. The molecule has 0 N–H and O–H groups in total. The highest BCUT2D eigenvalue weighted by Crippen LogP contribution is 2.15. The lowest BCUT2D eigenvalue weighted by atomic mass is 10.4. The van der Waals surface area contributed by atoms with E-state index in [1.54, 1.807) is 4.90 Å². The number of alkyl halides is 1. The predicted octanol–water partition coefficient (Wildman–Crippen LogP) is 0.612. The van der Waals surface area contributed by atoms with Gasteiger partial charge >= 0.3 is 0 Å². The molecular weight excluding hydrogens is 170 g/mol. The van der Waals surface area contributed by atoms with Crippen molar-refractivity contribution in [3.63, 3.8) is 0 Å². The second-order valence-corrected chi connectivity index (χ2v) is 3.12. The second-order valence-electron chi connectivity index (χ2n) is 2.02. The Morgan fingerprint density at radius 1 is 1.88 bits per heavy atom. The molecule has 1 fully saturated rings. The Balaban J connectivity index is 2.57. The summed E-state index contributed by atoms with van der Waals surface area (Å²) in [6.07, 6.45) is 0.954. The summed E-state index contributed by atoms with van der Waals surface area (Å²) in [5.41, 5.74) is 0. The first-order valence-electron chi connectivity index (χ1n) is 2.61. The molecular formula is C5H8BrNO. The van der Waals surface area contributed by atoms with Gasteiger partial charge in [0.05, 0.1) is 4.83 Å². The molecule has 1 aliphatic heterocycles. The number of carbonyl (C=O) groups excluding carboxylic acids is 1. The van der Waals surface area contributed by atoms with Crippen molar-refractivity contribution in [2.45, 2.75) is 11.2 Å². The Labute approximate surface area is 57.0 Å². The van der Waals surface area contributed by atoms with Crippen molar-refractivity contribution < 1.29 is 4.79 Å². The molecule has 1 aliphatic rings. The van der Waals surface area contributed by atoms with Gasteiger partial charge in [-0.1, -0.05) is 15.9 Å². The maximum atomic E-state index is 10.8. The molecule has 0 aromatic carbocycles. The van der Waals surface area contributed by atoms with Crippen molar-refractivity contribution in [2.24, 2.45) is 0 Å². The highest BCUT2D eigenvalue weighted by Gasteiger charge is 2.25. The first kappa shape index (κ1) is 6.08. The van der Waals surface area contributed by atoms with Gasteiger partial charge < -0.3 is 4.90 Å². The Morgan fingerprint density at radius 2 is 2.50 bits per heavy atom. The molecule has 1 atom stereocenters. The number of carbonyl (C=O) groups is 1. The first-order valence-corrected chi connectivity index (χ1v) is 3.52. The molecule has 0 aliphatic carbocycles. The number of amides is 1. The van der Waals surface area contributed by atoms with Crippen LogP contribution in [0.4, 0.5) is 0 Å². The molecule has 1 saturated heterocycles. The van der Waals surface area contributed by atoms with E-state index in [0.29, 0.717) is 0 Å². The van der Waals surface area contributed by atoms with E-state index in [-0.39, 0.29) is 10.7 Å². The molecule has 0 spiro atoms. The van der Waals surface area contributed by atoms with E-state index in [9.17, 15) is 4.79 Å². The van der Waals surface area contributed by atoms with Gasteiger partial charge in [0.25, 0.3) is 0 Å². The molecule has 3 heteroatoms. The molecule has 0 radical (unpaired) electrons. The van der Waals surface area contributed by atoms with Gasteiger partial charge in [-0.15, -0.1) is 0 Å². The van der Waals surface area contributed by atoms with Crippen LogP contribution in [0.3, 0.4) is 0 Å². The van der Waals surface area contributed by atoms with E-state index in [2.05, 4.69) is 15.9 Å². The largest absolute Gasteiger partial charge is 0.345 e. The summed E-state index contributed by atoms with van der Waals surface area (Å²) in [6.45, 7) is 0.898. The Hall–Kier alpha value is -0.0500. The van der Waals surface area contributed by atoms with Crippen LogP contribution in [-0.4, -0.2) is 29.2 Å². The van der Waals surface area contributed by atoms with Crippen molar-refractivity contribution in [3.05, 3.63) is 0 Å². The van der Waals surface area contributed by atoms with Crippen LogP contribution in [-0.2, 0) is 4.79 Å². The van der Waals surface area contributed by atoms with Crippen LogP contribution in [0.1, 0.15) is 6.42 Å². The normalized spacial score (nSPS) is 29.5. The molecule has 0 bridgehead atoms. The standard InChI is InChI=1S/C5H8BrNO/c1-7-3-2-4(6)5(7)8/h4H,2-3H2,1H3/t4-/m1/s1. The monoisotopic (exact) mass is 177 g/mol. The van der Waals surface area contributed by atoms with Gasteiger partial charge in [0.15, 0.2) is 0 Å². The summed E-state index contributed by atoms with van der Waals surface area (Å²) in [4.78, 5) is 12.6. The van der Waals surface area contributed by atoms with E-state index in [1.165, 1.54) is 0 Å². The lowest BCUT2D eigenvalue weighted by Crippen LogP contribution is -2.22. The summed E-state index contributed by atoms with van der Waals surface area (Å²) in [5, 5.41) is 0. The number of hydrogen-bond donors (Lipinski definition) is 0. The van der Waals surface area contributed by atoms with Gasteiger partial charge in [0, 0.05) is 13.6 Å². The van der Waals surface area contributed by atoms with E-state index in [4.69, 9.17) is 0 Å². The molecule has 0 aromatic rings. The Kier molecular flexibility index (Phi) is 1.56. The van der Waals surface area contributed by atoms with Gasteiger partial charge in [-0.05, 0) is 6.42 Å². The second kappa shape index (κ2) is 2.05. The number of likely N-dealkylation sites (tertiary alicyclic amines) is 1. The lowest BCUT2D eigenvalue weighted by molar-refractivity contribution is -0.126. The Morgan fingerprint density at radius 3 is 2.62 bits per heavy atom. The quantitative estimate of drug-likeness (QED) is 0.497. The van der Waals surface area contributed by atoms with Crippen LogP contribution in [0.2, 0.25) is 0 Å². The van der Waals surface area contributed by atoms with E-state index < -0.39 is 0 Å². The van der Waals surface area contributed by atoms with Crippen LogP contribution in [0.25, 0.3) is 0 Å². The smallest absolute Gasteiger partial charge is 0.236 e. The summed E-state index contributed by atoms with van der Waals surface area (Å²) in [7, 11) is 1.82. The topological polar surface area (TPSA) is 20.3 Å². The van der Waals surface area contributed by atoms with Crippen LogP contribution in [0.15, 0.2) is 0 Å². The first-order chi connectivity index (χ1) is 3.72. The van der Waals surface area contributed by atoms with Crippen molar-refractivity contribution in [1.29, 1.82) is 0 Å². The van der Waals surface area contributed by atoms with Gasteiger partial charge in [-0.2, -0.15) is 0 Å². The van der Waals surface area contributed by atoms with E-state index in [1.807, 2.05) is 7.05 Å². The summed E-state index contributed by atoms with van der Waals surface area (Å²) in [5.74, 6) is 0.213. The molecule has 0 unspecified atom stereocenters. The maximum absolute atomic E-state index is 10.8. The zero-order valence-electron chi connectivity index (χ0n) is 4.72. The van der Waals surface area contributed by atoms with E-state index >= 15 is 0 Å². The van der Waals surface area contributed by atoms with Crippen LogP contribution < -0.4 is 0 Å². The highest BCUT2D eigenvalue weighted by atomic mass is 79.9. The van der Waals surface area contributed by atoms with Crippen molar-refractivity contribution in [2.75, 3.05) is 13.6 Å². The highest BCUT2D eigenvalue weighted by molar-refractivity contribution is 9.10. The minimum atomic E-state index is 0.0903. The fraction of sp³-hybridized carbons (Fsp3) is 0.800. The van der Waals surface area contributed by atoms with Crippen molar-refractivity contribution in [1.82, 2.24) is 4.90 Å². The molecule has 8 heavy (non-hydrogen) atoms. The minimum absolute atomic E-state index is 0.0903. The van der Waals surface area contributed by atoms with Crippen molar-refractivity contribution >= 4 is 21.8 Å². The van der Waals surface area contributed by atoms with Crippen LogP contribution >= 0.6 is 15.9 Å². The predicted molar refractivity (Wildman–Crippen MR) is 35.0 cm³/mol. The molecule has 1 heterocycles. The third-order valence-corrected chi connectivity index (χ3v) is 2.21. The SMILES string of the molecule is CN1CC[C@@H](Br)C1=O. The summed E-state index contributed by atoms with van der Waals surface area (Å²) < 4.78 is 0. The van der Waals surface area contributed by atoms with Gasteiger partial charge in [-0.25, -0.2) is 0 Å². The molecule has 46 valence electrons. The average molecular weight is 178 g/mol. The molecule has 0 saturated carbocycles. The fourth-order valence-corrected chi connectivity index (χ4v) is 1.33. The zero-order valence-corrected chi connectivity index (χ0v) is 6.31. The fourth-order valence-electron chi connectivity index (χ4n) is 0.780. The van der Waals surface area contributed by atoms with Crippen LogP contribution in [0.5, 0.6) is 0 Å². The van der Waals surface area contributed by atoms with Crippen molar-refractivity contribution in [3.8, 4) is 0 Å². The Bertz CT molecular complexity index is 103. The number of nitrogens with zero attached hydrogens (tertiary/aromatic N) is 1. The molecule has 2 nitrogen and oxygen atoms in total. The average Bonchev–Trinajstić information content (AvgIpc) is 1.98. The summed E-state index contributed by atoms with van der Waals surface area (Å²) >= 11 is 3.25. The third kappa shape index (κ3) is 0.869. The maximum Gasteiger partial charge on any atom is 0.236 e. The molecule has 0 aromatic heterocycles. The zero-order chi connectivity index (χ0) is 6.15. The third-order valence-electron chi connectivity index (χ3n) is 1.36. The van der Waals surface area contributed by atoms with Crippen LogP contribution in [0, 0.1) is 0 Å². The summed E-state index contributed by atoms with van der Waals surface area (Å²) in [6, 6.07) is 0. The molecule has 1 amide bonds. The number of halogens is 1. The van der Waals surface area contributed by atoms with Gasteiger partial charge in [0.1, 0.15) is 0 Å². The number of hydrogen-bond acceptors (Lipinski definition) is 1. The minimum Gasteiger partial charge on any atom is -0.345 e. The van der Waals surface area contributed by atoms with E-state index in [0.717, 1.165) is 13.0 Å². The number of rotatable bonds is 0. The molecule has 1 rings (SSSR count). The van der Waals surface area contributed by atoms with Gasteiger partial charge in [-0.3, -0.25) is 4.79 Å². The van der Waals surface area contributed by atoms with Gasteiger partial charge in [0.2, 0.25) is 5.91 Å².